The first-order chi connectivity index (χ1) is 10.2. The summed E-state index contributed by atoms with van der Waals surface area (Å²) in [7, 11) is 0. The van der Waals surface area contributed by atoms with E-state index in [-0.39, 0.29) is 24.2 Å². The first kappa shape index (κ1) is 16.4. The highest BCUT2D eigenvalue weighted by atomic mass is 32.2. The SMILES string of the molecule is CCCC1NC(Cc2ccccc2)C(=O)N1C(C)CSC. The third-order valence-electron chi connectivity index (χ3n) is 4.01. The van der Waals surface area contributed by atoms with E-state index in [1.54, 1.807) is 11.8 Å². The van der Waals surface area contributed by atoms with Crippen molar-refractivity contribution in [1.29, 1.82) is 0 Å². The summed E-state index contributed by atoms with van der Waals surface area (Å²) < 4.78 is 0. The highest BCUT2D eigenvalue weighted by Crippen LogP contribution is 2.22. The van der Waals surface area contributed by atoms with E-state index in [4.69, 9.17) is 0 Å². The van der Waals surface area contributed by atoms with Crippen LogP contribution < -0.4 is 5.32 Å². The fraction of sp³-hybridized carbons (Fsp3) is 0.588. The molecule has 3 unspecified atom stereocenters. The Kier molecular flexibility index (Phi) is 6.12. The standard InChI is InChI=1S/C17H26N2OS/c1-4-8-16-18-15(11-14-9-6-5-7-10-14)17(20)19(16)13(2)12-21-3/h5-7,9-10,13,15-16,18H,4,8,11-12H2,1-3H3. The smallest absolute Gasteiger partial charge is 0.241 e. The van der Waals surface area contributed by atoms with Gasteiger partial charge in [0.05, 0.1) is 12.2 Å². The Morgan fingerprint density at radius 2 is 2.05 bits per heavy atom. The molecule has 0 radical (unpaired) electrons. The lowest BCUT2D eigenvalue weighted by Gasteiger charge is -2.29. The van der Waals surface area contributed by atoms with Gasteiger partial charge in [0.15, 0.2) is 0 Å². The van der Waals surface area contributed by atoms with E-state index in [9.17, 15) is 4.79 Å². The minimum absolute atomic E-state index is 0.0757. The minimum atomic E-state index is -0.0757. The molecule has 0 aliphatic carbocycles. The van der Waals surface area contributed by atoms with Crippen molar-refractivity contribution in [3.8, 4) is 0 Å². The highest BCUT2D eigenvalue weighted by Gasteiger charge is 2.40. The summed E-state index contributed by atoms with van der Waals surface area (Å²) in [5, 5.41) is 3.55. The molecular formula is C17H26N2OS. The van der Waals surface area contributed by atoms with Crippen molar-refractivity contribution in [3.63, 3.8) is 0 Å². The van der Waals surface area contributed by atoms with Crippen molar-refractivity contribution in [1.82, 2.24) is 10.2 Å². The lowest BCUT2D eigenvalue weighted by atomic mass is 10.1. The largest absolute Gasteiger partial charge is 0.322 e. The van der Waals surface area contributed by atoms with Gasteiger partial charge in [-0.15, -0.1) is 0 Å². The van der Waals surface area contributed by atoms with E-state index in [0.717, 1.165) is 25.0 Å². The number of hydrogen-bond acceptors (Lipinski definition) is 3. The van der Waals surface area contributed by atoms with Crippen molar-refractivity contribution >= 4 is 17.7 Å². The van der Waals surface area contributed by atoms with Gasteiger partial charge in [-0.05, 0) is 31.6 Å². The molecule has 3 nitrogen and oxygen atoms in total. The van der Waals surface area contributed by atoms with Crippen LogP contribution in [0.3, 0.4) is 0 Å². The molecule has 1 aliphatic rings. The Morgan fingerprint density at radius 3 is 2.67 bits per heavy atom. The third kappa shape index (κ3) is 4.01. The summed E-state index contributed by atoms with van der Waals surface area (Å²) in [5.41, 5.74) is 1.22. The molecule has 116 valence electrons. The van der Waals surface area contributed by atoms with Gasteiger partial charge in [0.1, 0.15) is 0 Å². The quantitative estimate of drug-likeness (QED) is 0.840. The second-order valence-electron chi connectivity index (χ2n) is 5.76. The van der Waals surface area contributed by atoms with Crippen LogP contribution in [-0.2, 0) is 11.2 Å². The van der Waals surface area contributed by atoms with Crippen LogP contribution in [0.25, 0.3) is 0 Å². The molecule has 1 aromatic rings. The normalized spacial score (nSPS) is 23.6. The Balaban J connectivity index is 2.09. The molecule has 1 aliphatic heterocycles. The zero-order valence-corrected chi connectivity index (χ0v) is 14.0. The maximum absolute atomic E-state index is 12.8. The summed E-state index contributed by atoms with van der Waals surface area (Å²) >= 11 is 1.80. The molecule has 3 atom stereocenters. The van der Waals surface area contributed by atoms with Gasteiger partial charge in [0, 0.05) is 11.8 Å². The maximum Gasteiger partial charge on any atom is 0.241 e. The van der Waals surface area contributed by atoms with Crippen LogP contribution in [0.1, 0.15) is 32.3 Å². The Hall–Kier alpha value is -1.00. The molecule has 4 heteroatoms. The predicted molar refractivity (Wildman–Crippen MR) is 90.5 cm³/mol. The number of thioether (sulfide) groups is 1. The van der Waals surface area contributed by atoms with Crippen molar-refractivity contribution in [3.05, 3.63) is 35.9 Å². The number of rotatable bonds is 7. The average molecular weight is 306 g/mol. The van der Waals surface area contributed by atoms with Gasteiger partial charge in [-0.3, -0.25) is 10.1 Å². The van der Waals surface area contributed by atoms with Crippen LogP contribution >= 0.6 is 11.8 Å². The van der Waals surface area contributed by atoms with Crippen molar-refractivity contribution in [2.24, 2.45) is 0 Å². The summed E-state index contributed by atoms with van der Waals surface area (Å²) in [6, 6.07) is 10.5. The molecule has 1 saturated heterocycles. The number of benzene rings is 1. The van der Waals surface area contributed by atoms with Gasteiger partial charge in [-0.25, -0.2) is 0 Å². The number of nitrogens with zero attached hydrogens (tertiary/aromatic N) is 1. The van der Waals surface area contributed by atoms with Gasteiger partial charge in [-0.2, -0.15) is 11.8 Å². The van der Waals surface area contributed by atoms with Gasteiger partial charge in [-0.1, -0.05) is 43.7 Å². The van der Waals surface area contributed by atoms with Gasteiger partial charge in [0.25, 0.3) is 0 Å². The fourth-order valence-corrected chi connectivity index (χ4v) is 3.70. The van der Waals surface area contributed by atoms with Gasteiger partial charge in [0.2, 0.25) is 5.91 Å². The lowest BCUT2D eigenvalue weighted by molar-refractivity contribution is -0.131. The van der Waals surface area contributed by atoms with Crippen LogP contribution in [0.4, 0.5) is 0 Å². The first-order valence-corrected chi connectivity index (χ1v) is 9.17. The molecule has 1 fully saturated rings. The van der Waals surface area contributed by atoms with Gasteiger partial charge >= 0.3 is 0 Å². The van der Waals surface area contributed by atoms with Crippen molar-refractivity contribution in [2.75, 3.05) is 12.0 Å². The molecule has 1 heterocycles. The van der Waals surface area contributed by atoms with Crippen LogP contribution in [0, 0.1) is 0 Å². The average Bonchev–Trinajstić information content (AvgIpc) is 2.77. The molecule has 1 N–H and O–H groups in total. The molecule has 2 rings (SSSR count). The third-order valence-corrected chi connectivity index (χ3v) is 4.83. The second kappa shape index (κ2) is 7.85. The zero-order valence-electron chi connectivity index (χ0n) is 13.2. The van der Waals surface area contributed by atoms with Crippen LogP contribution in [0.5, 0.6) is 0 Å². The highest BCUT2D eigenvalue weighted by molar-refractivity contribution is 7.98. The Morgan fingerprint density at radius 1 is 1.33 bits per heavy atom. The first-order valence-electron chi connectivity index (χ1n) is 7.78. The number of amides is 1. The minimum Gasteiger partial charge on any atom is -0.322 e. The van der Waals surface area contributed by atoms with E-state index >= 15 is 0 Å². The van der Waals surface area contributed by atoms with E-state index < -0.39 is 0 Å². The van der Waals surface area contributed by atoms with Gasteiger partial charge < -0.3 is 4.90 Å². The number of carbonyl (C=O) groups is 1. The number of nitrogens with one attached hydrogen (secondary N) is 1. The maximum atomic E-state index is 12.8. The molecule has 0 aromatic heterocycles. The zero-order chi connectivity index (χ0) is 15.2. The van der Waals surface area contributed by atoms with Crippen molar-refractivity contribution in [2.45, 2.75) is 51.4 Å². The van der Waals surface area contributed by atoms with Crippen molar-refractivity contribution < 1.29 is 4.79 Å². The van der Waals surface area contributed by atoms with E-state index in [0.29, 0.717) is 0 Å². The molecule has 0 saturated carbocycles. The molecule has 21 heavy (non-hydrogen) atoms. The van der Waals surface area contributed by atoms with E-state index in [2.05, 4.69) is 42.5 Å². The van der Waals surface area contributed by atoms with Crippen LogP contribution in [0.15, 0.2) is 30.3 Å². The van der Waals surface area contributed by atoms with E-state index in [1.165, 1.54) is 5.56 Å². The topological polar surface area (TPSA) is 32.3 Å². The predicted octanol–water partition coefficient (Wildman–Crippen LogP) is 2.91. The molecule has 1 amide bonds. The summed E-state index contributed by atoms with van der Waals surface area (Å²) in [4.78, 5) is 14.8. The second-order valence-corrected chi connectivity index (χ2v) is 6.67. The monoisotopic (exact) mass is 306 g/mol. The van der Waals surface area contributed by atoms with Crippen LogP contribution in [-0.4, -0.2) is 41.1 Å². The Bertz CT molecular complexity index is 451. The Labute approximate surface area is 132 Å². The molecular weight excluding hydrogens is 280 g/mol. The molecule has 0 spiro atoms. The lowest BCUT2D eigenvalue weighted by Crippen LogP contribution is -2.44. The summed E-state index contributed by atoms with van der Waals surface area (Å²) in [5.74, 6) is 1.25. The summed E-state index contributed by atoms with van der Waals surface area (Å²) in [6.45, 7) is 4.33. The fourth-order valence-electron chi connectivity index (χ4n) is 3.06. The van der Waals surface area contributed by atoms with Crippen LogP contribution in [0.2, 0.25) is 0 Å². The van der Waals surface area contributed by atoms with E-state index in [1.807, 2.05) is 18.2 Å². The number of hydrogen-bond donors (Lipinski definition) is 1. The molecule has 1 aromatic carbocycles. The summed E-state index contributed by atoms with van der Waals surface area (Å²) in [6.07, 6.45) is 5.18. The molecule has 0 bridgehead atoms. The number of carbonyl (C=O) groups excluding carboxylic acids is 1.